The molecular formula is C17H21FN4OS. The summed E-state index contributed by atoms with van der Waals surface area (Å²) in [7, 11) is 0. The monoisotopic (exact) mass is 348 g/mol. The molecule has 1 aromatic carbocycles. The summed E-state index contributed by atoms with van der Waals surface area (Å²) in [5, 5.41) is 5.84. The third-order valence-electron chi connectivity index (χ3n) is 4.34. The predicted octanol–water partition coefficient (Wildman–Crippen LogP) is 2.11. The van der Waals surface area contributed by atoms with Crippen molar-refractivity contribution in [3.8, 4) is 0 Å². The Kier molecular flexibility index (Phi) is 5.42. The van der Waals surface area contributed by atoms with Crippen molar-refractivity contribution in [1.29, 1.82) is 0 Å². The second kappa shape index (κ2) is 7.72. The third-order valence-corrected chi connectivity index (χ3v) is 5.17. The predicted molar refractivity (Wildman–Crippen MR) is 93.6 cm³/mol. The maximum absolute atomic E-state index is 13.6. The van der Waals surface area contributed by atoms with Crippen molar-refractivity contribution in [2.45, 2.75) is 19.5 Å². The second-order valence-electron chi connectivity index (χ2n) is 5.82. The normalized spacial score (nSPS) is 16.8. The Hall–Kier alpha value is -1.99. The molecule has 1 amide bonds. The first kappa shape index (κ1) is 16.9. The lowest BCUT2D eigenvalue weighted by molar-refractivity contribution is -0.126. The molecule has 5 nitrogen and oxygen atoms in total. The summed E-state index contributed by atoms with van der Waals surface area (Å²) in [5.41, 5.74) is 0.506. The fourth-order valence-corrected chi connectivity index (χ4v) is 3.51. The van der Waals surface area contributed by atoms with E-state index in [0.717, 1.165) is 31.3 Å². The Balaban J connectivity index is 1.49. The summed E-state index contributed by atoms with van der Waals surface area (Å²) in [6, 6.07) is 6.28. The quantitative estimate of drug-likeness (QED) is 0.899. The van der Waals surface area contributed by atoms with E-state index in [1.165, 1.54) is 6.07 Å². The molecule has 1 aliphatic heterocycles. The molecule has 0 saturated carbocycles. The number of piperazine rings is 1. The van der Waals surface area contributed by atoms with Crippen molar-refractivity contribution in [2.75, 3.05) is 31.1 Å². The van der Waals surface area contributed by atoms with Gasteiger partial charge in [-0.15, -0.1) is 11.3 Å². The van der Waals surface area contributed by atoms with Gasteiger partial charge in [-0.05, 0) is 13.0 Å². The molecule has 1 fully saturated rings. The van der Waals surface area contributed by atoms with Crippen molar-refractivity contribution in [2.24, 2.45) is 0 Å². The summed E-state index contributed by atoms with van der Waals surface area (Å²) in [6.45, 7) is 5.46. The van der Waals surface area contributed by atoms with Crippen LogP contribution < -0.4 is 10.2 Å². The first-order chi connectivity index (χ1) is 11.6. The summed E-state index contributed by atoms with van der Waals surface area (Å²) >= 11 is 1.63. The van der Waals surface area contributed by atoms with Gasteiger partial charge in [-0.1, -0.05) is 18.2 Å². The van der Waals surface area contributed by atoms with Crippen LogP contribution in [0.25, 0.3) is 0 Å². The lowest BCUT2D eigenvalue weighted by Crippen LogP contribution is -2.53. The van der Waals surface area contributed by atoms with E-state index in [2.05, 4.69) is 20.1 Å². The van der Waals surface area contributed by atoms with Gasteiger partial charge in [-0.3, -0.25) is 9.69 Å². The molecule has 2 aromatic rings. The number of carbonyl (C=O) groups is 1. The molecule has 1 saturated heterocycles. The average molecular weight is 348 g/mol. The summed E-state index contributed by atoms with van der Waals surface area (Å²) in [6.07, 6.45) is 1.81. The van der Waals surface area contributed by atoms with Crippen LogP contribution in [0.1, 0.15) is 12.5 Å². The molecule has 7 heteroatoms. The van der Waals surface area contributed by atoms with Gasteiger partial charge in [-0.25, -0.2) is 9.37 Å². The van der Waals surface area contributed by atoms with Crippen LogP contribution in [0.3, 0.4) is 0 Å². The molecular weight excluding hydrogens is 327 g/mol. The summed E-state index contributed by atoms with van der Waals surface area (Å²) < 4.78 is 13.6. The Morgan fingerprint density at radius 2 is 2.08 bits per heavy atom. The van der Waals surface area contributed by atoms with E-state index in [0.29, 0.717) is 5.56 Å². The molecule has 0 bridgehead atoms. The highest BCUT2D eigenvalue weighted by Gasteiger charge is 2.26. The molecule has 1 aliphatic rings. The minimum absolute atomic E-state index is 0.0686. The van der Waals surface area contributed by atoms with Crippen LogP contribution in [0.2, 0.25) is 0 Å². The molecule has 24 heavy (non-hydrogen) atoms. The smallest absolute Gasteiger partial charge is 0.237 e. The van der Waals surface area contributed by atoms with Gasteiger partial charge in [0.15, 0.2) is 5.13 Å². The van der Waals surface area contributed by atoms with E-state index in [9.17, 15) is 9.18 Å². The van der Waals surface area contributed by atoms with Gasteiger partial charge < -0.3 is 10.2 Å². The van der Waals surface area contributed by atoms with E-state index in [-0.39, 0.29) is 24.3 Å². The third kappa shape index (κ3) is 3.91. The summed E-state index contributed by atoms with van der Waals surface area (Å²) in [4.78, 5) is 21.1. The zero-order chi connectivity index (χ0) is 16.9. The van der Waals surface area contributed by atoms with Gasteiger partial charge >= 0.3 is 0 Å². The average Bonchev–Trinajstić information content (AvgIpc) is 3.15. The Morgan fingerprint density at radius 3 is 2.75 bits per heavy atom. The lowest BCUT2D eigenvalue weighted by Gasteiger charge is -2.37. The first-order valence-electron chi connectivity index (χ1n) is 8.05. The molecule has 128 valence electrons. The van der Waals surface area contributed by atoms with E-state index in [4.69, 9.17) is 0 Å². The van der Waals surface area contributed by atoms with Gasteiger partial charge in [0.1, 0.15) is 5.82 Å². The number of hydrogen-bond donors (Lipinski definition) is 1. The molecule has 0 radical (unpaired) electrons. The number of thiazole rings is 1. The van der Waals surface area contributed by atoms with Crippen molar-refractivity contribution < 1.29 is 9.18 Å². The number of carbonyl (C=O) groups excluding carboxylic acids is 1. The van der Waals surface area contributed by atoms with Crippen molar-refractivity contribution in [1.82, 2.24) is 15.2 Å². The molecule has 3 rings (SSSR count). The van der Waals surface area contributed by atoms with Crippen LogP contribution in [0.5, 0.6) is 0 Å². The standard InChI is InChI=1S/C17H21FN4OS/c1-13(16(23)20-12-14-4-2-3-5-15(14)18)21-7-9-22(10-8-21)17-19-6-11-24-17/h2-6,11,13H,7-10,12H2,1H3,(H,20,23)/t13-/m1/s1. The first-order valence-corrected chi connectivity index (χ1v) is 8.92. The Morgan fingerprint density at radius 1 is 1.33 bits per heavy atom. The van der Waals surface area contributed by atoms with E-state index >= 15 is 0 Å². The molecule has 1 N–H and O–H groups in total. The van der Waals surface area contributed by atoms with Crippen molar-refractivity contribution >= 4 is 22.4 Å². The number of nitrogens with zero attached hydrogens (tertiary/aromatic N) is 3. The van der Waals surface area contributed by atoms with Crippen LogP contribution in [0, 0.1) is 5.82 Å². The van der Waals surface area contributed by atoms with Gasteiger partial charge in [0.2, 0.25) is 5.91 Å². The minimum Gasteiger partial charge on any atom is -0.351 e. The van der Waals surface area contributed by atoms with Crippen molar-refractivity contribution in [3.05, 3.63) is 47.2 Å². The highest BCUT2D eigenvalue weighted by atomic mass is 32.1. The number of aromatic nitrogens is 1. The van der Waals surface area contributed by atoms with Gasteiger partial charge in [-0.2, -0.15) is 0 Å². The van der Waals surface area contributed by atoms with Crippen LogP contribution >= 0.6 is 11.3 Å². The highest BCUT2D eigenvalue weighted by Crippen LogP contribution is 2.19. The Bertz CT molecular complexity index is 671. The number of anilines is 1. The molecule has 0 unspecified atom stereocenters. The zero-order valence-electron chi connectivity index (χ0n) is 13.6. The van der Waals surface area contributed by atoms with Crippen molar-refractivity contribution in [3.63, 3.8) is 0 Å². The number of halogens is 1. The largest absolute Gasteiger partial charge is 0.351 e. The second-order valence-corrected chi connectivity index (χ2v) is 6.70. The number of amides is 1. The minimum atomic E-state index is -0.289. The van der Waals surface area contributed by atoms with Gasteiger partial charge in [0, 0.05) is 49.9 Å². The van der Waals surface area contributed by atoms with E-state index in [1.807, 2.05) is 18.5 Å². The molecule has 1 atom stereocenters. The van der Waals surface area contributed by atoms with E-state index < -0.39 is 0 Å². The van der Waals surface area contributed by atoms with Crippen LogP contribution in [-0.4, -0.2) is 48.0 Å². The summed E-state index contributed by atoms with van der Waals surface area (Å²) in [5.74, 6) is -0.358. The Labute approximate surface area is 145 Å². The van der Waals surface area contributed by atoms with E-state index in [1.54, 1.807) is 29.5 Å². The number of hydrogen-bond acceptors (Lipinski definition) is 5. The molecule has 0 aliphatic carbocycles. The highest BCUT2D eigenvalue weighted by molar-refractivity contribution is 7.13. The molecule has 1 aromatic heterocycles. The van der Waals surface area contributed by atoms with Crippen LogP contribution in [0.15, 0.2) is 35.8 Å². The lowest BCUT2D eigenvalue weighted by atomic mass is 10.2. The number of rotatable bonds is 5. The zero-order valence-corrected chi connectivity index (χ0v) is 14.4. The fraction of sp³-hybridized carbons (Fsp3) is 0.412. The van der Waals surface area contributed by atoms with Crippen LogP contribution in [0.4, 0.5) is 9.52 Å². The van der Waals surface area contributed by atoms with Gasteiger partial charge in [0.05, 0.1) is 6.04 Å². The topological polar surface area (TPSA) is 48.5 Å². The maximum Gasteiger partial charge on any atom is 0.237 e. The molecule has 2 heterocycles. The SMILES string of the molecule is C[C@H](C(=O)NCc1ccccc1F)N1CCN(c2nccs2)CC1. The number of benzene rings is 1. The number of nitrogens with one attached hydrogen (secondary N) is 1. The maximum atomic E-state index is 13.6. The van der Waals surface area contributed by atoms with Gasteiger partial charge in [0.25, 0.3) is 0 Å². The molecule has 0 spiro atoms. The fourth-order valence-electron chi connectivity index (χ4n) is 2.81. The van der Waals surface area contributed by atoms with Crippen LogP contribution in [-0.2, 0) is 11.3 Å².